The third-order valence-electron chi connectivity index (χ3n) is 5.96. The van der Waals surface area contributed by atoms with Crippen molar-refractivity contribution < 1.29 is 4.39 Å². The maximum atomic E-state index is 15.3. The number of fused-ring (bicyclic) bond motifs is 1. The van der Waals surface area contributed by atoms with Crippen molar-refractivity contribution in [1.29, 1.82) is 0 Å². The first-order chi connectivity index (χ1) is 15.2. The van der Waals surface area contributed by atoms with Gasteiger partial charge >= 0.3 is 0 Å². The number of benzene rings is 2. The summed E-state index contributed by atoms with van der Waals surface area (Å²) in [5.41, 5.74) is 1.88. The number of hydrogen-bond acceptors (Lipinski definition) is 4. The molecule has 0 amide bonds. The highest BCUT2D eigenvalue weighted by atomic mass is 35.5. The Kier molecular flexibility index (Phi) is 5.93. The van der Waals surface area contributed by atoms with Gasteiger partial charge in [0.25, 0.3) is 5.56 Å². The van der Waals surface area contributed by atoms with Crippen LogP contribution in [0.3, 0.4) is 0 Å². The van der Waals surface area contributed by atoms with Gasteiger partial charge in [0.05, 0.1) is 17.5 Å². The van der Waals surface area contributed by atoms with Crippen molar-refractivity contribution in [3.05, 3.63) is 93.2 Å². The molecule has 0 atom stereocenters. The second kappa shape index (κ2) is 8.52. The topological polar surface area (TPSA) is 51.0 Å². The fourth-order valence-corrected chi connectivity index (χ4v) is 3.61. The van der Waals surface area contributed by atoms with Crippen LogP contribution in [0.5, 0.6) is 0 Å². The average Bonchev–Trinajstić information content (AvgIpc) is 2.77. The largest absolute Gasteiger partial charge is 0.314 e. The minimum Gasteiger partial charge on any atom is -0.314 e. The van der Waals surface area contributed by atoms with E-state index in [4.69, 9.17) is 11.6 Å². The molecular formula is C23H22B2ClFN4O. The third-order valence-corrected chi connectivity index (χ3v) is 6.21. The number of pyridine rings is 1. The molecular weight excluding hydrogens is 424 g/mol. The molecule has 0 N–H and O–H groups in total. The summed E-state index contributed by atoms with van der Waals surface area (Å²) in [6.07, 6.45) is 0. The Morgan fingerprint density at radius 3 is 2.31 bits per heavy atom. The first-order valence-electron chi connectivity index (χ1n) is 10.3. The van der Waals surface area contributed by atoms with Crippen LogP contribution in [-0.4, -0.2) is 49.5 Å². The Morgan fingerprint density at radius 2 is 1.69 bits per heavy atom. The number of rotatable bonds is 5. The van der Waals surface area contributed by atoms with E-state index in [1.54, 1.807) is 36.4 Å². The first kappa shape index (κ1) is 22.2. The van der Waals surface area contributed by atoms with E-state index in [-0.39, 0.29) is 17.7 Å². The lowest BCUT2D eigenvalue weighted by Gasteiger charge is -2.32. The Bertz CT molecular complexity index is 1360. The molecule has 5 nitrogen and oxygen atoms in total. The van der Waals surface area contributed by atoms with E-state index in [0.717, 1.165) is 5.56 Å². The zero-order chi connectivity index (χ0) is 23.0. The summed E-state index contributed by atoms with van der Waals surface area (Å²) < 4.78 is 16.6. The van der Waals surface area contributed by atoms with Gasteiger partial charge in [-0.1, -0.05) is 41.9 Å². The van der Waals surface area contributed by atoms with Crippen LogP contribution in [0.15, 0.2) is 65.5 Å². The van der Waals surface area contributed by atoms with Crippen molar-refractivity contribution in [1.82, 2.24) is 19.7 Å². The molecule has 4 aromatic rings. The van der Waals surface area contributed by atoms with Crippen LogP contribution in [0.2, 0.25) is 5.02 Å². The van der Waals surface area contributed by atoms with Crippen molar-refractivity contribution in [2.75, 3.05) is 14.1 Å². The van der Waals surface area contributed by atoms with Gasteiger partial charge in [-0.2, -0.15) is 9.49 Å². The van der Waals surface area contributed by atoms with E-state index >= 15 is 4.39 Å². The van der Waals surface area contributed by atoms with Gasteiger partial charge < -0.3 is 4.90 Å². The van der Waals surface area contributed by atoms with Crippen LogP contribution in [0.1, 0.15) is 11.3 Å². The van der Waals surface area contributed by atoms with Crippen molar-refractivity contribution >= 4 is 38.1 Å². The molecule has 0 aliphatic rings. The molecule has 0 fully saturated rings. The molecule has 2 aromatic carbocycles. The second-order valence-electron chi connectivity index (χ2n) is 8.47. The molecule has 0 saturated carbocycles. The first-order valence-corrected chi connectivity index (χ1v) is 10.7. The van der Waals surface area contributed by atoms with Crippen molar-refractivity contribution in [3.8, 4) is 11.3 Å². The summed E-state index contributed by atoms with van der Waals surface area (Å²) in [5, 5.41) is 5.79. The monoisotopic (exact) mass is 446 g/mol. The van der Waals surface area contributed by atoms with Crippen LogP contribution < -0.4 is 5.56 Å². The highest BCUT2D eigenvalue weighted by Crippen LogP contribution is 2.28. The number of nitrogens with zero attached hydrogens (tertiary/aromatic N) is 4. The molecule has 2 aromatic heterocycles. The molecule has 32 heavy (non-hydrogen) atoms. The van der Waals surface area contributed by atoms with E-state index in [9.17, 15) is 4.79 Å². The van der Waals surface area contributed by atoms with E-state index in [1.807, 2.05) is 59.0 Å². The number of aromatic nitrogens is 3. The smallest absolute Gasteiger partial charge is 0.274 e. The van der Waals surface area contributed by atoms with Crippen LogP contribution in [0.4, 0.5) is 4.39 Å². The molecule has 4 rings (SSSR count). The molecule has 0 unspecified atom stereocenters. The van der Waals surface area contributed by atoms with Gasteiger partial charge in [-0.3, -0.25) is 4.79 Å². The summed E-state index contributed by atoms with van der Waals surface area (Å²) >= 11 is 5.98. The van der Waals surface area contributed by atoms with Crippen LogP contribution in [-0.2, 0) is 11.9 Å². The second-order valence-corrected chi connectivity index (χ2v) is 8.91. The highest BCUT2D eigenvalue weighted by molar-refractivity contribution is 6.39. The van der Waals surface area contributed by atoms with Crippen LogP contribution >= 0.6 is 11.6 Å². The van der Waals surface area contributed by atoms with E-state index in [0.29, 0.717) is 27.2 Å². The normalized spacial score (nSPS) is 11.9. The quantitative estimate of drug-likeness (QED) is 0.349. The van der Waals surface area contributed by atoms with Crippen molar-refractivity contribution in [2.24, 2.45) is 0 Å². The van der Waals surface area contributed by atoms with Gasteiger partial charge in [0.15, 0.2) is 0 Å². The molecule has 0 radical (unpaired) electrons. The fraction of sp³-hybridized carbons (Fsp3) is 0.174. The molecule has 0 spiro atoms. The highest BCUT2D eigenvalue weighted by Gasteiger charge is 2.26. The van der Waals surface area contributed by atoms with E-state index in [2.05, 4.69) is 10.1 Å². The lowest BCUT2D eigenvalue weighted by molar-refractivity contribution is 0.333. The predicted molar refractivity (Wildman–Crippen MR) is 132 cm³/mol. The van der Waals surface area contributed by atoms with Gasteiger partial charge in [-0.15, -0.1) is 0 Å². The van der Waals surface area contributed by atoms with Crippen molar-refractivity contribution in [2.45, 2.75) is 11.9 Å². The van der Waals surface area contributed by atoms with Gasteiger partial charge in [-0.05, 0) is 50.0 Å². The lowest BCUT2D eigenvalue weighted by Crippen LogP contribution is -2.43. The predicted octanol–water partition coefficient (Wildman–Crippen LogP) is 2.24. The zero-order valence-corrected chi connectivity index (χ0v) is 19.2. The molecule has 0 aliphatic carbocycles. The Hall–Kier alpha value is -2.96. The Morgan fingerprint density at radius 1 is 1.03 bits per heavy atom. The van der Waals surface area contributed by atoms with Crippen molar-refractivity contribution in [3.63, 3.8) is 0 Å². The zero-order valence-electron chi connectivity index (χ0n) is 18.4. The molecule has 160 valence electrons. The lowest BCUT2D eigenvalue weighted by atomic mass is 9.59. The van der Waals surface area contributed by atoms with E-state index < -0.39 is 11.3 Å². The standard InChI is InChI=1S/C23H22B2ClFN4O/c1-30(2)23(24,25)19-12-11-18(21(27)28-19)20-16-5-3-4-6-17(16)22(32)31(29-20)13-14-7-9-15(26)10-8-14/h3-12H,13,24-25H2,1-2H3. The van der Waals surface area contributed by atoms with Gasteiger partial charge in [-0.25, -0.2) is 9.67 Å². The Labute approximate surface area is 192 Å². The average molecular weight is 447 g/mol. The minimum absolute atomic E-state index is 0.238. The summed E-state index contributed by atoms with van der Waals surface area (Å²) in [5.74, 6) is -0.619. The summed E-state index contributed by atoms with van der Waals surface area (Å²) in [6, 6.07) is 17.8. The molecule has 0 saturated heterocycles. The van der Waals surface area contributed by atoms with Gasteiger partial charge in [0.2, 0.25) is 5.95 Å². The summed E-state index contributed by atoms with van der Waals surface area (Å²) in [7, 11) is 7.81. The Balaban J connectivity index is 1.88. The minimum atomic E-state index is -0.619. The van der Waals surface area contributed by atoms with Gasteiger partial charge in [0.1, 0.15) is 21.4 Å². The number of halogens is 2. The maximum absolute atomic E-state index is 15.3. The fourth-order valence-electron chi connectivity index (χ4n) is 3.48. The summed E-state index contributed by atoms with van der Waals surface area (Å²) in [4.78, 5) is 19.3. The molecule has 0 aliphatic heterocycles. The summed E-state index contributed by atoms with van der Waals surface area (Å²) in [6.45, 7) is 0.245. The van der Waals surface area contributed by atoms with E-state index in [1.165, 1.54) is 4.68 Å². The van der Waals surface area contributed by atoms with Gasteiger partial charge in [0, 0.05) is 21.4 Å². The maximum Gasteiger partial charge on any atom is 0.274 e. The van der Waals surface area contributed by atoms with Crippen LogP contribution in [0.25, 0.3) is 22.0 Å². The molecule has 9 heteroatoms. The molecule has 2 heterocycles. The third kappa shape index (κ3) is 4.08. The molecule has 0 bridgehead atoms. The SMILES string of the molecule is BC(B)(c1ccc(-c2nn(Cc3ccc(Cl)cc3)c(=O)c3ccccc23)c(F)n1)N(C)C. The van der Waals surface area contributed by atoms with Crippen LogP contribution in [0, 0.1) is 5.95 Å². The number of hydrogen-bond donors (Lipinski definition) is 0.